The molecule has 0 heterocycles. The number of esters is 1. The van der Waals surface area contributed by atoms with E-state index in [1.165, 1.54) is 0 Å². The van der Waals surface area contributed by atoms with E-state index in [1.807, 2.05) is 0 Å². The summed E-state index contributed by atoms with van der Waals surface area (Å²) < 4.78 is 4.68. The van der Waals surface area contributed by atoms with Crippen molar-refractivity contribution in [2.45, 2.75) is 6.92 Å². The number of nitrogens with zero attached hydrogens (tertiary/aromatic N) is 2. The van der Waals surface area contributed by atoms with Gasteiger partial charge in [0.25, 0.3) is 11.4 Å². The molecule has 0 aliphatic heterocycles. The molecule has 0 aliphatic carbocycles. The molecule has 1 aromatic carbocycles. The fraction of sp³-hybridized carbons (Fsp3) is 0.182. The Hall–Kier alpha value is -2.95. The molecular formula is C11H8N2O6. The van der Waals surface area contributed by atoms with E-state index in [2.05, 4.69) is 16.6 Å². The van der Waals surface area contributed by atoms with Gasteiger partial charge in [-0.05, 0) is 6.92 Å². The topological polar surface area (TPSA) is 113 Å². The standard InChI is InChI=1S/C11H8N2O6/c1-2-3-4-19-11(14)8-5-9(12(15)16)7-10(6-8)13(17)18/h5-7H,4H2,1H3. The van der Waals surface area contributed by atoms with E-state index in [4.69, 9.17) is 0 Å². The van der Waals surface area contributed by atoms with Crippen LogP contribution >= 0.6 is 0 Å². The van der Waals surface area contributed by atoms with E-state index in [0.717, 1.165) is 18.2 Å². The summed E-state index contributed by atoms with van der Waals surface area (Å²) in [6.45, 7) is 1.36. The summed E-state index contributed by atoms with van der Waals surface area (Å²) in [5.41, 5.74) is -1.37. The van der Waals surface area contributed by atoms with Gasteiger partial charge in [0, 0.05) is 12.1 Å². The van der Waals surface area contributed by atoms with Crippen molar-refractivity contribution in [3.8, 4) is 11.8 Å². The lowest BCUT2D eigenvalue weighted by Crippen LogP contribution is -2.07. The third-order valence-electron chi connectivity index (χ3n) is 2.01. The average Bonchev–Trinajstić information content (AvgIpc) is 2.38. The number of benzene rings is 1. The van der Waals surface area contributed by atoms with E-state index < -0.39 is 27.2 Å². The van der Waals surface area contributed by atoms with Crippen molar-refractivity contribution >= 4 is 17.3 Å². The van der Waals surface area contributed by atoms with Crippen molar-refractivity contribution in [2.24, 2.45) is 0 Å². The SMILES string of the molecule is CC#CCOC(=O)c1cc([N+](=O)[O-])cc([N+](=O)[O-])c1. The molecule has 0 fully saturated rings. The average molecular weight is 264 g/mol. The Bertz CT molecular complexity index is 567. The van der Waals surface area contributed by atoms with Gasteiger partial charge in [0.15, 0.2) is 6.61 Å². The van der Waals surface area contributed by atoms with Gasteiger partial charge < -0.3 is 4.74 Å². The van der Waals surface area contributed by atoms with E-state index in [-0.39, 0.29) is 12.2 Å². The molecule has 0 atom stereocenters. The molecule has 98 valence electrons. The lowest BCUT2D eigenvalue weighted by molar-refractivity contribution is -0.394. The van der Waals surface area contributed by atoms with Crippen LogP contribution in [-0.4, -0.2) is 22.4 Å². The van der Waals surface area contributed by atoms with Crippen molar-refractivity contribution in [3.63, 3.8) is 0 Å². The summed E-state index contributed by atoms with van der Waals surface area (Å²) >= 11 is 0. The van der Waals surface area contributed by atoms with Crippen LogP contribution in [0.1, 0.15) is 17.3 Å². The van der Waals surface area contributed by atoms with E-state index >= 15 is 0 Å². The van der Waals surface area contributed by atoms with Crippen LogP contribution < -0.4 is 0 Å². The van der Waals surface area contributed by atoms with Gasteiger partial charge in [0.1, 0.15) is 0 Å². The van der Waals surface area contributed by atoms with Gasteiger partial charge in [0.05, 0.1) is 21.5 Å². The third kappa shape index (κ3) is 3.78. The fourth-order valence-electron chi connectivity index (χ4n) is 1.18. The highest BCUT2D eigenvalue weighted by molar-refractivity contribution is 5.91. The minimum atomic E-state index is -0.908. The molecule has 1 rings (SSSR count). The number of carbonyl (C=O) groups excluding carboxylic acids is 1. The molecule has 0 saturated heterocycles. The van der Waals surface area contributed by atoms with Gasteiger partial charge in [0.2, 0.25) is 0 Å². The Labute approximate surface area is 107 Å². The molecule has 8 nitrogen and oxygen atoms in total. The number of carbonyl (C=O) groups is 1. The van der Waals surface area contributed by atoms with Gasteiger partial charge >= 0.3 is 5.97 Å². The number of nitro benzene ring substituents is 2. The van der Waals surface area contributed by atoms with Crippen LogP contribution in [0.3, 0.4) is 0 Å². The van der Waals surface area contributed by atoms with Crippen molar-refractivity contribution < 1.29 is 19.4 Å². The Morgan fingerprint density at radius 1 is 1.21 bits per heavy atom. The first-order valence-corrected chi connectivity index (χ1v) is 4.96. The first-order chi connectivity index (χ1) is 8.95. The molecule has 0 N–H and O–H groups in total. The van der Waals surface area contributed by atoms with E-state index in [0.29, 0.717) is 0 Å². The van der Waals surface area contributed by atoms with Crippen LogP contribution in [0.5, 0.6) is 0 Å². The molecule has 0 bridgehead atoms. The second-order valence-corrected chi connectivity index (χ2v) is 3.26. The van der Waals surface area contributed by atoms with Crippen molar-refractivity contribution in [3.05, 3.63) is 44.0 Å². The lowest BCUT2D eigenvalue weighted by Gasteiger charge is -2.01. The molecule has 0 spiro atoms. The predicted molar refractivity (Wildman–Crippen MR) is 63.5 cm³/mol. The van der Waals surface area contributed by atoms with Crippen LogP contribution in [-0.2, 0) is 4.74 Å². The molecule has 19 heavy (non-hydrogen) atoms. The zero-order valence-corrected chi connectivity index (χ0v) is 9.78. The van der Waals surface area contributed by atoms with Gasteiger partial charge in [-0.2, -0.15) is 0 Å². The van der Waals surface area contributed by atoms with Crippen molar-refractivity contribution in [1.82, 2.24) is 0 Å². The molecular weight excluding hydrogens is 256 g/mol. The molecule has 8 heteroatoms. The number of hydrogen-bond acceptors (Lipinski definition) is 6. The minimum absolute atomic E-state index is 0.189. The highest BCUT2D eigenvalue weighted by atomic mass is 16.6. The Morgan fingerprint density at radius 2 is 1.74 bits per heavy atom. The van der Waals surface area contributed by atoms with Gasteiger partial charge in [-0.1, -0.05) is 5.92 Å². The second kappa shape index (κ2) is 6.11. The van der Waals surface area contributed by atoms with Gasteiger partial charge in [-0.15, -0.1) is 5.92 Å². The normalized spacial score (nSPS) is 9.11. The Balaban J connectivity index is 3.11. The largest absolute Gasteiger partial charge is 0.449 e. The molecule has 1 aromatic rings. The summed E-state index contributed by atoms with van der Waals surface area (Å²) in [4.78, 5) is 31.1. The van der Waals surface area contributed by atoms with E-state index in [9.17, 15) is 25.0 Å². The second-order valence-electron chi connectivity index (χ2n) is 3.26. The lowest BCUT2D eigenvalue weighted by atomic mass is 10.2. The van der Waals surface area contributed by atoms with Crippen LogP contribution in [0.25, 0.3) is 0 Å². The summed E-state index contributed by atoms with van der Waals surface area (Å²) in [5, 5.41) is 21.2. The molecule has 0 amide bonds. The molecule has 0 aromatic heterocycles. The zero-order chi connectivity index (χ0) is 14.4. The maximum atomic E-state index is 11.5. The summed E-state index contributed by atoms with van der Waals surface area (Å²) in [5.74, 6) is 4.05. The molecule has 0 aliphatic rings. The quantitative estimate of drug-likeness (QED) is 0.354. The molecule has 0 radical (unpaired) electrons. The highest BCUT2D eigenvalue weighted by Crippen LogP contribution is 2.23. The van der Waals surface area contributed by atoms with Crippen LogP contribution in [0.4, 0.5) is 11.4 Å². The van der Waals surface area contributed by atoms with Gasteiger partial charge in [-0.3, -0.25) is 20.2 Å². The van der Waals surface area contributed by atoms with Crippen LogP contribution in [0, 0.1) is 32.1 Å². The maximum Gasteiger partial charge on any atom is 0.339 e. The maximum absolute atomic E-state index is 11.5. The number of non-ortho nitro benzene ring substituents is 2. The fourth-order valence-corrected chi connectivity index (χ4v) is 1.18. The van der Waals surface area contributed by atoms with E-state index in [1.54, 1.807) is 6.92 Å². The minimum Gasteiger partial charge on any atom is -0.449 e. The molecule has 0 unspecified atom stereocenters. The Kier molecular flexibility index (Phi) is 4.54. The zero-order valence-electron chi connectivity index (χ0n) is 9.78. The Morgan fingerprint density at radius 3 is 2.16 bits per heavy atom. The van der Waals surface area contributed by atoms with Gasteiger partial charge in [-0.25, -0.2) is 4.79 Å². The predicted octanol–water partition coefficient (Wildman–Crippen LogP) is 1.68. The van der Waals surface area contributed by atoms with Crippen LogP contribution in [0.2, 0.25) is 0 Å². The van der Waals surface area contributed by atoms with Crippen molar-refractivity contribution in [1.29, 1.82) is 0 Å². The summed E-state index contributed by atoms with van der Waals surface area (Å²) in [6.07, 6.45) is 0. The number of hydrogen-bond donors (Lipinski definition) is 0. The van der Waals surface area contributed by atoms with Crippen LogP contribution in [0.15, 0.2) is 18.2 Å². The third-order valence-corrected chi connectivity index (χ3v) is 2.01. The van der Waals surface area contributed by atoms with Crippen molar-refractivity contribution in [2.75, 3.05) is 6.61 Å². The smallest absolute Gasteiger partial charge is 0.339 e. The molecule has 0 saturated carbocycles. The number of rotatable bonds is 4. The first-order valence-electron chi connectivity index (χ1n) is 4.96. The highest BCUT2D eigenvalue weighted by Gasteiger charge is 2.20. The summed E-state index contributed by atoms with van der Waals surface area (Å²) in [6, 6.07) is 2.59. The first kappa shape index (κ1) is 14.1. The number of nitro groups is 2. The monoisotopic (exact) mass is 264 g/mol. The summed E-state index contributed by atoms with van der Waals surface area (Å²) in [7, 11) is 0. The number of ether oxygens (including phenoxy) is 1.